The predicted octanol–water partition coefficient (Wildman–Crippen LogP) is 1.99. The maximum absolute atomic E-state index is 12.8. The Kier molecular flexibility index (Phi) is 5.62. The lowest BCUT2D eigenvalue weighted by atomic mass is 10.1. The second-order valence-corrected chi connectivity index (χ2v) is 8.03. The van der Waals surface area contributed by atoms with Crippen molar-refractivity contribution in [2.45, 2.75) is 18.2 Å². The zero-order chi connectivity index (χ0) is 13.8. The largest absolute Gasteiger partial charge is 0.323 e. The highest BCUT2D eigenvalue weighted by Crippen LogP contribution is 2.24. The van der Waals surface area contributed by atoms with Crippen molar-refractivity contribution in [3.8, 4) is 0 Å². The number of sulfone groups is 1. The molecular formula is C12H18FNO2S2. The third-order valence-corrected chi connectivity index (χ3v) is 5.06. The number of nitrogens with two attached hydrogens (primary N) is 1. The molecular weight excluding hydrogens is 273 g/mol. The number of thioether (sulfide) groups is 1. The first-order valence-corrected chi connectivity index (χ1v) is 8.71. The first-order valence-electron chi connectivity index (χ1n) is 5.60. The zero-order valence-electron chi connectivity index (χ0n) is 10.5. The maximum Gasteiger partial charge on any atom is 0.148 e. The van der Waals surface area contributed by atoms with Gasteiger partial charge in [-0.2, -0.15) is 11.8 Å². The van der Waals surface area contributed by atoms with Crippen molar-refractivity contribution in [3.63, 3.8) is 0 Å². The molecule has 0 aromatic heterocycles. The standard InChI is InChI=1S/C12H18FNO2S2/c1-9(17-7-8-18(2,15)16)12(14)10-3-5-11(13)6-4-10/h3-6,9,12H,7-8,14H2,1-2H3. The van der Waals surface area contributed by atoms with E-state index in [0.717, 1.165) is 5.56 Å². The third-order valence-electron chi connectivity index (χ3n) is 2.60. The molecule has 1 aromatic carbocycles. The molecule has 1 aromatic rings. The molecule has 0 bridgehead atoms. The van der Waals surface area contributed by atoms with Gasteiger partial charge in [-0.25, -0.2) is 12.8 Å². The van der Waals surface area contributed by atoms with Crippen LogP contribution in [0.2, 0.25) is 0 Å². The van der Waals surface area contributed by atoms with Crippen LogP contribution in [-0.2, 0) is 9.84 Å². The summed E-state index contributed by atoms with van der Waals surface area (Å²) >= 11 is 1.51. The average Bonchev–Trinajstić information content (AvgIpc) is 2.27. The van der Waals surface area contributed by atoms with Crippen molar-refractivity contribution in [1.29, 1.82) is 0 Å². The van der Waals surface area contributed by atoms with Gasteiger partial charge >= 0.3 is 0 Å². The van der Waals surface area contributed by atoms with Gasteiger partial charge in [0.25, 0.3) is 0 Å². The Morgan fingerprint density at radius 2 is 1.89 bits per heavy atom. The Labute approximate surface area is 112 Å². The summed E-state index contributed by atoms with van der Waals surface area (Å²) in [5, 5.41) is 0.0808. The van der Waals surface area contributed by atoms with Gasteiger partial charge in [0.05, 0.1) is 5.75 Å². The summed E-state index contributed by atoms with van der Waals surface area (Å²) in [4.78, 5) is 0. The first-order chi connectivity index (χ1) is 8.29. The summed E-state index contributed by atoms with van der Waals surface area (Å²) < 4.78 is 34.8. The van der Waals surface area contributed by atoms with Crippen molar-refractivity contribution in [1.82, 2.24) is 0 Å². The lowest BCUT2D eigenvalue weighted by molar-refractivity contribution is 0.603. The normalized spacial score (nSPS) is 15.3. The van der Waals surface area contributed by atoms with E-state index in [4.69, 9.17) is 5.73 Å². The minimum absolute atomic E-state index is 0.0808. The van der Waals surface area contributed by atoms with Crippen molar-refractivity contribution in [2.24, 2.45) is 5.73 Å². The smallest absolute Gasteiger partial charge is 0.148 e. The fraction of sp³-hybridized carbons (Fsp3) is 0.500. The molecule has 0 amide bonds. The number of halogens is 1. The van der Waals surface area contributed by atoms with Gasteiger partial charge in [-0.3, -0.25) is 0 Å². The molecule has 3 nitrogen and oxygen atoms in total. The van der Waals surface area contributed by atoms with E-state index in [1.165, 1.54) is 30.2 Å². The van der Waals surface area contributed by atoms with E-state index in [2.05, 4.69) is 0 Å². The highest BCUT2D eigenvalue weighted by Gasteiger charge is 2.16. The van der Waals surface area contributed by atoms with Crippen LogP contribution in [0.4, 0.5) is 4.39 Å². The molecule has 6 heteroatoms. The van der Waals surface area contributed by atoms with E-state index in [-0.39, 0.29) is 22.9 Å². The molecule has 2 atom stereocenters. The SMILES string of the molecule is CC(SCCS(C)(=O)=O)C(N)c1ccc(F)cc1. The van der Waals surface area contributed by atoms with Crippen molar-refractivity contribution in [2.75, 3.05) is 17.8 Å². The van der Waals surface area contributed by atoms with Crippen molar-refractivity contribution in [3.05, 3.63) is 35.6 Å². The van der Waals surface area contributed by atoms with E-state index in [1.807, 2.05) is 6.92 Å². The summed E-state index contributed by atoms with van der Waals surface area (Å²) in [6.45, 7) is 1.95. The number of benzene rings is 1. The van der Waals surface area contributed by atoms with Gasteiger partial charge < -0.3 is 5.73 Å². The van der Waals surface area contributed by atoms with Crippen LogP contribution in [0.1, 0.15) is 18.5 Å². The van der Waals surface area contributed by atoms with Crippen LogP contribution in [0.5, 0.6) is 0 Å². The number of hydrogen-bond acceptors (Lipinski definition) is 4. The van der Waals surface area contributed by atoms with E-state index in [0.29, 0.717) is 5.75 Å². The summed E-state index contributed by atoms with van der Waals surface area (Å²) in [7, 11) is -2.93. The van der Waals surface area contributed by atoms with Gasteiger partial charge in [-0.05, 0) is 17.7 Å². The molecule has 2 N–H and O–H groups in total. The Morgan fingerprint density at radius 1 is 1.33 bits per heavy atom. The molecule has 0 fully saturated rings. The van der Waals surface area contributed by atoms with Crippen LogP contribution in [0, 0.1) is 5.82 Å². The lowest BCUT2D eigenvalue weighted by Gasteiger charge is -2.19. The fourth-order valence-corrected chi connectivity index (χ4v) is 3.78. The third kappa shape index (κ3) is 5.37. The van der Waals surface area contributed by atoms with Gasteiger partial charge in [0.1, 0.15) is 15.7 Å². The molecule has 2 unspecified atom stereocenters. The zero-order valence-corrected chi connectivity index (χ0v) is 12.1. The molecule has 18 heavy (non-hydrogen) atoms. The molecule has 0 aliphatic rings. The van der Waals surface area contributed by atoms with Crippen LogP contribution < -0.4 is 5.73 Å². The van der Waals surface area contributed by atoms with Crippen LogP contribution in [0.3, 0.4) is 0 Å². The molecule has 0 radical (unpaired) electrons. The summed E-state index contributed by atoms with van der Waals surface area (Å²) in [5.41, 5.74) is 6.90. The lowest BCUT2D eigenvalue weighted by Crippen LogP contribution is -2.22. The van der Waals surface area contributed by atoms with Gasteiger partial charge in [-0.1, -0.05) is 19.1 Å². The van der Waals surface area contributed by atoms with Gasteiger partial charge in [0.15, 0.2) is 0 Å². The maximum atomic E-state index is 12.8. The second kappa shape index (κ2) is 6.54. The molecule has 0 saturated carbocycles. The summed E-state index contributed by atoms with van der Waals surface area (Å²) in [5.74, 6) is 0.385. The van der Waals surface area contributed by atoms with Crippen molar-refractivity contribution < 1.29 is 12.8 Å². The topological polar surface area (TPSA) is 60.2 Å². The van der Waals surface area contributed by atoms with Gasteiger partial charge in [-0.15, -0.1) is 0 Å². The molecule has 0 aliphatic heterocycles. The number of rotatable bonds is 6. The van der Waals surface area contributed by atoms with E-state index < -0.39 is 9.84 Å². The molecule has 0 spiro atoms. The molecule has 102 valence electrons. The molecule has 0 saturated heterocycles. The van der Waals surface area contributed by atoms with Crippen LogP contribution in [-0.4, -0.2) is 31.4 Å². The Hall–Kier alpha value is -0.590. The van der Waals surface area contributed by atoms with E-state index >= 15 is 0 Å². The fourth-order valence-electron chi connectivity index (χ4n) is 1.45. The van der Waals surface area contributed by atoms with Crippen molar-refractivity contribution >= 4 is 21.6 Å². The highest BCUT2D eigenvalue weighted by atomic mass is 32.2. The molecule has 0 heterocycles. The molecule has 0 aliphatic carbocycles. The predicted molar refractivity (Wildman–Crippen MR) is 75.0 cm³/mol. The average molecular weight is 291 g/mol. The second-order valence-electron chi connectivity index (χ2n) is 4.28. The van der Waals surface area contributed by atoms with E-state index in [1.54, 1.807) is 12.1 Å². The van der Waals surface area contributed by atoms with Crippen LogP contribution >= 0.6 is 11.8 Å². The van der Waals surface area contributed by atoms with Crippen LogP contribution in [0.25, 0.3) is 0 Å². The van der Waals surface area contributed by atoms with E-state index in [9.17, 15) is 12.8 Å². The monoisotopic (exact) mass is 291 g/mol. The summed E-state index contributed by atoms with van der Waals surface area (Å²) in [6, 6.07) is 5.85. The van der Waals surface area contributed by atoms with Crippen LogP contribution in [0.15, 0.2) is 24.3 Å². The first kappa shape index (κ1) is 15.5. The Morgan fingerprint density at radius 3 is 2.39 bits per heavy atom. The highest BCUT2D eigenvalue weighted by molar-refractivity contribution is 8.01. The quantitative estimate of drug-likeness (QED) is 0.871. The minimum atomic E-state index is -2.93. The molecule has 1 rings (SSSR count). The Balaban J connectivity index is 2.51. The summed E-state index contributed by atoms with van der Waals surface area (Å²) in [6.07, 6.45) is 1.22. The van der Waals surface area contributed by atoms with Gasteiger partial charge in [0.2, 0.25) is 0 Å². The van der Waals surface area contributed by atoms with Gasteiger partial charge in [0, 0.05) is 23.3 Å². The minimum Gasteiger partial charge on any atom is -0.323 e. The number of hydrogen-bond donors (Lipinski definition) is 1. The Bertz CT molecular complexity index is 473.